The Bertz CT molecular complexity index is 787. The van der Waals surface area contributed by atoms with Gasteiger partial charge in [0.1, 0.15) is 12.4 Å². The van der Waals surface area contributed by atoms with Gasteiger partial charge >= 0.3 is 0 Å². The van der Waals surface area contributed by atoms with Crippen molar-refractivity contribution in [1.29, 1.82) is 0 Å². The van der Waals surface area contributed by atoms with Gasteiger partial charge < -0.3 is 19.7 Å². The minimum absolute atomic E-state index is 0.0966. The highest BCUT2D eigenvalue weighted by molar-refractivity contribution is 7.99. The summed E-state index contributed by atoms with van der Waals surface area (Å²) < 4.78 is 11.5. The summed E-state index contributed by atoms with van der Waals surface area (Å²) in [6, 6.07) is 15.3. The number of hydrogen-bond donors (Lipinski definition) is 1. The maximum absolute atomic E-state index is 12.8. The van der Waals surface area contributed by atoms with E-state index in [1.54, 1.807) is 11.8 Å². The van der Waals surface area contributed by atoms with Crippen molar-refractivity contribution in [2.75, 3.05) is 43.9 Å². The predicted molar refractivity (Wildman–Crippen MR) is 124 cm³/mol. The van der Waals surface area contributed by atoms with Gasteiger partial charge in [-0.2, -0.15) is 0 Å². The van der Waals surface area contributed by atoms with Crippen LogP contribution in [0.4, 0.5) is 5.69 Å². The molecule has 1 N–H and O–H groups in total. The number of hydrogen-bond acceptors (Lipinski definition) is 5. The van der Waals surface area contributed by atoms with Gasteiger partial charge in [-0.05, 0) is 62.3 Å². The standard InChI is InChI=1S/C24H32N2O3S/c1-3-26(4-2)15-17-29-20-13-11-19(12-14-20)25-24(27)22-9-5-6-10-23(22)30-18-21-8-7-16-28-21/h5-6,9-14,21H,3-4,7-8,15-18H2,1-2H3,(H,25,27). The van der Waals surface area contributed by atoms with E-state index in [1.165, 1.54) is 0 Å². The molecule has 5 nitrogen and oxygen atoms in total. The van der Waals surface area contributed by atoms with Crippen LogP contribution in [0.2, 0.25) is 0 Å². The van der Waals surface area contributed by atoms with Crippen molar-refractivity contribution in [3.63, 3.8) is 0 Å². The highest BCUT2D eigenvalue weighted by Gasteiger charge is 2.18. The van der Waals surface area contributed by atoms with Crippen LogP contribution in [0.5, 0.6) is 5.75 Å². The molecular weight excluding hydrogens is 396 g/mol. The van der Waals surface area contributed by atoms with Crippen molar-refractivity contribution in [1.82, 2.24) is 4.90 Å². The second kappa shape index (κ2) is 12.0. The second-order valence-corrected chi connectivity index (χ2v) is 8.36. The van der Waals surface area contributed by atoms with Crippen LogP contribution in [0, 0.1) is 0 Å². The van der Waals surface area contributed by atoms with Gasteiger partial charge in [-0.1, -0.05) is 26.0 Å². The topological polar surface area (TPSA) is 50.8 Å². The van der Waals surface area contributed by atoms with Crippen molar-refractivity contribution in [3.8, 4) is 5.75 Å². The Labute approximate surface area is 184 Å². The first-order valence-electron chi connectivity index (χ1n) is 10.8. The average Bonchev–Trinajstić information content (AvgIpc) is 3.30. The number of nitrogens with zero attached hydrogens (tertiary/aromatic N) is 1. The van der Waals surface area contributed by atoms with Crippen molar-refractivity contribution >= 4 is 23.4 Å². The minimum atomic E-state index is -0.0966. The van der Waals surface area contributed by atoms with E-state index in [4.69, 9.17) is 9.47 Å². The van der Waals surface area contributed by atoms with Gasteiger partial charge in [-0.3, -0.25) is 4.79 Å². The zero-order valence-corrected chi connectivity index (χ0v) is 18.7. The number of thioether (sulfide) groups is 1. The highest BCUT2D eigenvalue weighted by Crippen LogP contribution is 2.27. The molecule has 2 aromatic carbocycles. The third-order valence-corrected chi connectivity index (χ3v) is 6.47. The fourth-order valence-electron chi connectivity index (χ4n) is 3.40. The molecule has 0 aliphatic carbocycles. The van der Waals surface area contributed by atoms with Crippen molar-refractivity contribution < 1.29 is 14.3 Å². The van der Waals surface area contributed by atoms with E-state index < -0.39 is 0 Å². The molecule has 6 heteroatoms. The van der Waals surface area contributed by atoms with Gasteiger partial charge in [-0.25, -0.2) is 0 Å². The van der Waals surface area contributed by atoms with Crippen LogP contribution in [0.1, 0.15) is 37.0 Å². The van der Waals surface area contributed by atoms with Crippen LogP contribution in [-0.2, 0) is 4.74 Å². The maximum atomic E-state index is 12.8. The zero-order valence-electron chi connectivity index (χ0n) is 17.9. The maximum Gasteiger partial charge on any atom is 0.256 e. The normalized spacial score (nSPS) is 16.0. The Morgan fingerprint density at radius 1 is 1.17 bits per heavy atom. The summed E-state index contributed by atoms with van der Waals surface area (Å²) in [5.74, 6) is 1.59. The highest BCUT2D eigenvalue weighted by atomic mass is 32.2. The fourth-order valence-corrected chi connectivity index (χ4v) is 4.52. The lowest BCUT2D eigenvalue weighted by atomic mass is 10.2. The predicted octanol–water partition coefficient (Wildman–Crippen LogP) is 4.93. The molecule has 0 radical (unpaired) electrons. The van der Waals surface area contributed by atoms with Crippen LogP contribution in [0.15, 0.2) is 53.4 Å². The van der Waals surface area contributed by atoms with Gasteiger partial charge in [0.25, 0.3) is 5.91 Å². The molecule has 0 aromatic heterocycles. The molecule has 1 unspecified atom stereocenters. The van der Waals surface area contributed by atoms with Crippen molar-refractivity contribution in [2.24, 2.45) is 0 Å². The summed E-state index contributed by atoms with van der Waals surface area (Å²) in [7, 11) is 0. The van der Waals surface area contributed by atoms with Crippen molar-refractivity contribution in [2.45, 2.75) is 37.7 Å². The smallest absolute Gasteiger partial charge is 0.256 e. The first-order chi connectivity index (χ1) is 14.7. The molecule has 2 aromatic rings. The molecule has 30 heavy (non-hydrogen) atoms. The van der Waals surface area contributed by atoms with Crippen LogP contribution in [0.3, 0.4) is 0 Å². The Kier molecular flexibility index (Phi) is 9.05. The van der Waals surface area contributed by atoms with E-state index in [0.717, 1.165) is 61.2 Å². The van der Waals surface area contributed by atoms with Crippen molar-refractivity contribution in [3.05, 3.63) is 54.1 Å². The number of amides is 1. The monoisotopic (exact) mass is 428 g/mol. The number of carbonyl (C=O) groups is 1. The molecule has 1 amide bonds. The van der Waals surface area contributed by atoms with E-state index in [2.05, 4.69) is 24.1 Å². The number of likely N-dealkylation sites (N-methyl/N-ethyl adjacent to an activating group) is 1. The Hall–Kier alpha value is -2.02. The van der Waals surface area contributed by atoms with Gasteiger partial charge in [0.2, 0.25) is 0 Å². The molecule has 1 aliphatic rings. The zero-order chi connectivity index (χ0) is 21.2. The lowest BCUT2D eigenvalue weighted by Crippen LogP contribution is -2.27. The molecule has 1 heterocycles. The number of anilines is 1. The van der Waals surface area contributed by atoms with Gasteiger partial charge in [0.05, 0.1) is 11.7 Å². The molecule has 162 valence electrons. The van der Waals surface area contributed by atoms with Crippen LogP contribution >= 0.6 is 11.8 Å². The second-order valence-electron chi connectivity index (χ2n) is 7.30. The summed E-state index contributed by atoms with van der Waals surface area (Å²) in [4.78, 5) is 16.1. The molecule has 1 aliphatic heterocycles. The summed E-state index contributed by atoms with van der Waals surface area (Å²) >= 11 is 1.69. The summed E-state index contributed by atoms with van der Waals surface area (Å²) in [6.45, 7) is 8.77. The fraction of sp³-hybridized carbons (Fsp3) is 0.458. The summed E-state index contributed by atoms with van der Waals surface area (Å²) in [5, 5.41) is 3.00. The number of benzene rings is 2. The minimum Gasteiger partial charge on any atom is -0.492 e. The molecule has 1 fully saturated rings. The quantitative estimate of drug-likeness (QED) is 0.514. The molecule has 1 saturated heterocycles. The first kappa shape index (κ1) is 22.7. The molecule has 0 spiro atoms. The third kappa shape index (κ3) is 6.76. The number of nitrogens with one attached hydrogen (secondary N) is 1. The Morgan fingerprint density at radius 3 is 2.63 bits per heavy atom. The van der Waals surface area contributed by atoms with Gasteiger partial charge in [0.15, 0.2) is 0 Å². The Balaban J connectivity index is 1.53. The van der Waals surface area contributed by atoms with Gasteiger partial charge in [0, 0.05) is 29.5 Å². The molecule has 0 saturated carbocycles. The van der Waals surface area contributed by atoms with E-state index in [1.807, 2.05) is 48.5 Å². The lowest BCUT2D eigenvalue weighted by molar-refractivity contribution is 0.102. The lowest BCUT2D eigenvalue weighted by Gasteiger charge is -2.18. The number of carbonyl (C=O) groups excluding carboxylic acids is 1. The van der Waals surface area contributed by atoms with Crippen LogP contribution in [0.25, 0.3) is 0 Å². The number of ether oxygens (including phenoxy) is 2. The van der Waals surface area contributed by atoms with E-state index in [0.29, 0.717) is 18.3 Å². The largest absolute Gasteiger partial charge is 0.492 e. The van der Waals surface area contributed by atoms with E-state index in [9.17, 15) is 4.79 Å². The Morgan fingerprint density at radius 2 is 1.93 bits per heavy atom. The SMILES string of the molecule is CCN(CC)CCOc1ccc(NC(=O)c2ccccc2SCC2CCCO2)cc1. The van der Waals surface area contributed by atoms with Crippen LogP contribution < -0.4 is 10.1 Å². The van der Waals surface area contributed by atoms with E-state index >= 15 is 0 Å². The number of rotatable bonds is 11. The molecule has 3 rings (SSSR count). The third-order valence-electron chi connectivity index (χ3n) is 5.26. The molecule has 1 atom stereocenters. The first-order valence-corrected chi connectivity index (χ1v) is 11.8. The van der Waals surface area contributed by atoms with Gasteiger partial charge in [-0.15, -0.1) is 11.8 Å². The molecular formula is C24H32N2O3S. The van der Waals surface area contributed by atoms with Crippen LogP contribution in [-0.4, -0.2) is 55.5 Å². The summed E-state index contributed by atoms with van der Waals surface area (Å²) in [6.07, 6.45) is 2.52. The average molecular weight is 429 g/mol. The van der Waals surface area contributed by atoms with E-state index in [-0.39, 0.29) is 5.91 Å². The molecule has 0 bridgehead atoms. The summed E-state index contributed by atoms with van der Waals surface area (Å²) in [5.41, 5.74) is 1.45.